The van der Waals surface area contributed by atoms with Gasteiger partial charge in [-0.1, -0.05) is 0 Å². The van der Waals surface area contributed by atoms with Gasteiger partial charge in [0.15, 0.2) is 5.82 Å². The molecule has 5 heteroatoms. The number of nitrogens with two attached hydrogens (primary N) is 1. The third kappa shape index (κ3) is 2.05. The van der Waals surface area contributed by atoms with E-state index in [1.165, 1.54) is 0 Å². The molecule has 1 aliphatic rings. The third-order valence-electron chi connectivity index (χ3n) is 2.32. The first-order chi connectivity index (χ1) is 6.24. The SMILES string of the molecule is Cn1cnc(CN2CCC(N)C2)n1. The summed E-state index contributed by atoms with van der Waals surface area (Å²) in [4.78, 5) is 6.47. The molecule has 5 nitrogen and oxygen atoms in total. The van der Waals surface area contributed by atoms with Crippen LogP contribution in [0.5, 0.6) is 0 Å². The van der Waals surface area contributed by atoms with Crippen molar-refractivity contribution in [3.05, 3.63) is 12.2 Å². The molecule has 72 valence electrons. The van der Waals surface area contributed by atoms with Crippen molar-refractivity contribution in [3.8, 4) is 0 Å². The lowest BCUT2D eigenvalue weighted by atomic mass is 10.3. The van der Waals surface area contributed by atoms with E-state index in [1.807, 2.05) is 7.05 Å². The molecule has 1 unspecified atom stereocenters. The molecule has 2 heterocycles. The molecule has 2 N–H and O–H groups in total. The van der Waals surface area contributed by atoms with Gasteiger partial charge < -0.3 is 5.73 Å². The summed E-state index contributed by atoms with van der Waals surface area (Å²) in [7, 11) is 1.88. The monoisotopic (exact) mass is 181 g/mol. The summed E-state index contributed by atoms with van der Waals surface area (Å²) in [5.74, 6) is 0.886. The predicted molar refractivity (Wildman–Crippen MR) is 48.9 cm³/mol. The fourth-order valence-corrected chi connectivity index (χ4v) is 1.66. The van der Waals surface area contributed by atoms with Crippen LogP contribution in [0.25, 0.3) is 0 Å². The van der Waals surface area contributed by atoms with Gasteiger partial charge in [-0.05, 0) is 6.42 Å². The first-order valence-corrected chi connectivity index (χ1v) is 4.56. The zero-order valence-corrected chi connectivity index (χ0v) is 7.85. The molecule has 0 radical (unpaired) electrons. The highest BCUT2D eigenvalue weighted by Crippen LogP contribution is 2.09. The molecule has 1 aromatic rings. The molecule has 0 aliphatic carbocycles. The minimum Gasteiger partial charge on any atom is -0.326 e. The lowest BCUT2D eigenvalue weighted by Gasteiger charge is -2.11. The summed E-state index contributed by atoms with van der Waals surface area (Å²) in [6.45, 7) is 2.87. The number of hydrogen-bond acceptors (Lipinski definition) is 4. The van der Waals surface area contributed by atoms with Crippen molar-refractivity contribution in [2.75, 3.05) is 13.1 Å². The highest BCUT2D eigenvalue weighted by atomic mass is 15.3. The molecule has 1 aromatic heterocycles. The van der Waals surface area contributed by atoms with Crippen LogP contribution in [0.1, 0.15) is 12.2 Å². The maximum atomic E-state index is 5.80. The number of hydrogen-bond donors (Lipinski definition) is 1. The fourth-order valence-electron chi connectivity index (χ4n) is 1.66. The van der Waals surface area contributed by atoms with Crippen LogP contribution in [0, 0.1) is 0 Å². The van der Waals surface area contributed by atoms with Crippen molar-refractivity contribution in [3.63, 3.8) is 0 Å². The first kappa shape index (κ1) is 8.65. The standard InChI is InChI=1S/C8H15N5/c1-12-6-10-8(11-12)5-13-3-2-7(9)4-13/h6-7H,2-5,9H2,1H3. The minimum atomic E-state index is 0.337. The Morgan fingerprint density at radius 2 is 2.54 bits per heavy atom. The van der Waals surface area contributed by atoms with E-state index in [0.29, 0.717) is 6.04 Å². The molecule has 1 fully saturated rings. The van der Waals surface area contributed by atoms with Gasteiger partial charge >= 0.3 is 0 Å². The summed E-state index contributed by atoms with van der Waals surface area (Å²) in [5, 5.41) is 4.22. The van der Waals surface area contributed by atoms with E-state index in [-0.39, 0.29) is 0 Å². The van der Waals surface area contributed by atoms with Crippen molar-refractivity contribution in [2.24, 2.45) is 12.8 Å². The molecule has 13 heavy (non-hydrogen) atoms. The van der Waals surface area contributed by atoms with Crippen LogP contribution in [0.3, 0.4) is 0 Å². The minimum absolute atomic E-state index is 0.337. The number of aryl methyl sites for hydroxylation is 1. The number of nitrogens with zero attached hydrogens (tertiary/aromatic N) is 4. The van der Waals surface area contributed by atoms with Gasteiger partial charge in [0, 0.05) is 26.2 Å². The Morgan fingerprint density at radius 1 is 1.69 bits per heavy atom. The predicted octanol–water partition coefficient (Wildman–Crippen LogP) is -0.652. The van der Waals surface area contributed by atoms with Gasteiger partial charge in [-0.3, -0.25) is 9.58 Å². The topological polar surface area (TPSA) is 60.0 Å². The highest BCUT2D eigenvalue weighted by molar-refractivity contribution is 4.85. The molecule has 0 amide bonds. The Bertz CT molecular complexity index is 282. The van der Waals surface area contributed by atoms with Crippen LogP contribution in [-0.2, 0) is 13.6 Å². The number of aromatic nitrogens is 3. The Hall–Kier alpha value is -0.940. The average molecular weight is 181 g/mol. The molecule has 1 aliphatic heterocycles. The van der Waals surface area contributed by atoms with E-state index >= 15 is 0 Å². The van der Waals surface area contributed by atoms with Crippen molar-refractivity contribution in [1.82, 2.24) is 19.7 Å². The second-order valence-electron chi connectivity index (χ2n) is 3.62. The maximum absolute atomic E-state index is 5.80. The van der Waals surface area contributed by atoms with E-state index in [4.69, 9.17) is 5.73 Å². The van der Waals surface area contributed by atoms with Crippen LogP contribution in [0.15, 0.2) is 6.33 Å². The second kappa shape index (κ2) is 3.43. The lowest BCUT2D eigenvalue weighted by molar-refractivity contribution is 0.318. The van der Waals surface area contributed by atoms with Crippen LogP contribution in [0.2, 0.25) is 0 Å². The van der Waals surface area contributed by atoms with Gasteiger partial charge in [0.25, 0.3) is 0 Å². The summed E-state index contributed by atoms with van der Waals surface area (Å²) >= 11 is 0. The Labute approximate surface area is 77.5 Å². The van der Waals surface area contributed by atoms with Crippen molar-refractivity contribution in [2.45, 2.75) is 19.0 Å². The van der Waals surface area contributed by atoms with Crippen LogP contribution in [-0.4, -0.2) is 38.8 Å². The highest BCUT2D eigenvalue weighted by Gasteiger charge is 2.19. The zero-order valence-electron chi connectivity index (χ0n) is 7.85. The van der Waals surface area contributed by atoms with Gasteiger partial charge in [0.05, 0.1) is 6.54 Å². The molecule has 0 bridgehead atoms. The van der Waals surface area contributed by atoms with E-state index in [1.54, 1.807) is 11.0 Å². The van der Waals surface area contributed by atoms with Gasteiger partial charge in [-0.15, -0.1) is 0 Å². The van der Waals surface area contributed by atoms with Crippen molar-refractivity contribution < 1.29 is 0 Å². The van der Waals surface area contributed by atoms with Gasteiger partial charge in [0.1, 0.15) is 6.33 Å². The quantitative estimate of drug-likeness (QED) is 0.658. The van der Waals surface area contributed by atoms with Gasteiger partial charge in [-0.25, -0.2) is 4.98 Å². The van der Waals surface area contributed by atoms with Crippen LogP contribution in [0.4, 0.5) is 0 Å². The molecule has 0 aromatic carbocycles. The maximum Gasteiger partial charge on any atom is 0.164 e. The second-order valence-corrected chi connectivity index (χ2v) is 3.62. The average Bonchev–Trinajstić information content (AvgIpc) is 2.62. The Kier molecular flexibility index (Phi) is 2.28. The van der Waals surface area contributed by atoms with E-state index < -0.39 is 0 Å². The zero-order chi connectivity index (χ0) is 9.26. The smallest absolute Gasteiger partial charge is 0.164 e. The summed E-state index contributed by atoms with van der Waals surface area (Å²) in [6, 6.07) is 0.337. The van der Waals surface area contributed by atoms with E-state index in [9.17, 15) is 0 Å². The largest absolute Gasteiger partial charge is 0.326 e. The van der Waals surface area contributed by atoms with Gasteiger partial charge in [0.2, 0.25) is 0 Å². The molecular formula is C8H15N5. The molecule has 0 spiro atoms. The van der Waals surface area contributed by atoms with E-state index in [2.05, 4.69) is 15.0 Å². The van der Waals surface area contributed by atoms with Crippen LogP contribution < -0.4 is 5.73 Å². The molecule has 0 saturated carbocycles. The molecule has 2 rings (SSSR count). The first-order valence-electron chi connectivity index (χ1n) is 4.56. The third-order valence-corrected chi connectivity index (χ3v) is 2.32. The molecule has 1 atom stereocenters. The van der Waals surface area contributed by atoms with Crippen LogP contribution >= 0.6 is 0 Å². The summed E-state index contributed by atoms with van der Waals surface area (Å²) in [5.41, 5.74) is 5.80. The summed E-state index contributed by atoms with van der Waals surface area (Å²) < 4.78 is 1.73. The van der Waals surface area contributed by atoms with Crippen molar-refractivity contribution in [1.29, 1.82) is 0 Å². The lowest BCUT2D eigenvalue weighted by Crippen LogP contribution is -2.26. The number of likely N-dealkylation sites (tertiary alicyclic amines) is 1. The van der Waals surface area contributed by atoms with Gasteiger partial charge in [-0.2, -0.15) is 5.10 Å². The summed E-state index contributed by atoms with van der Waals surface area (Å²) in [6.07, 6.45) is 2.82. The fraction of sp³-hybridized carbons (Fsp3) is 0.750. The number of rotatable bonds is 2. The Morgan fingerprint density at radius 3 is 3.08 bits per heavy atom. The molecule has 1 saturated heterocycles. The molecular weight excluding hydrogens is 166 g/mol. The van der Waals surface area contributed by atoms with E-state index in [0.717, 1.165) is 31.9 Å². The normalized spacial score (nSPS) is 24.0. The van der Waals surface area contributed by atoms with Crippen molar-refractivity contribution >= 4 is 0 Å². The Balaban J connectivity index is 1.91.